The van der Waals surface area contributed by atoms with Crippen LogP contribution in [0.2, 0.25) is 0 Å². The second kappa shape index (κ2) is 8.57. The predicted octanol–water partition coefficient (Wildman–Crippen LogP) is 1.73. The number of benzene rings is 2. The number of ether oxygens (including phenoxy) is 1. The molecule has 0 saturated heterocycles. The van der Waals surface area contributed by atoms with Gasteiger partial charge in [-0.1, -0.05) is 30.3 Å². The number of aromatic carboxylic acids is 1. The van der Waals surface area contributed by atoms with Crippen LogP contribution in [0, 0.1) is 0 Å². The summed E-state index contributed by atoms with van der Waals surface area (Å²) in [5.74, 6) is -2.04. The average molecular weight is 396 g/mol. The minimum absolute atomic E-state index is 0.0540. The number of rotatable bonds is 7. The van der Waals surface area contributed by atoms with Crippen molar-refractivity contribution in [1.29, 1.82) is 0 Å². The number of carboxylic acids is 1. The molecule has 1 aliphatic heterocycles. The van der Waals surface area contributed by atoms with E-state index < -0.39 is 17.8 Å². The van der Waals surface area contributed by atoms with E-state index in [2.05, 4.69) is 5.32 Å². The van der Waals surface area contributed by atoms with Gasteiger partial charge in [-0.05, 0) is 29.3 Å². The number of hydrogen-bond acceptors (Lipinski definition) is 6. The van der Waals surface area contributed by atoms with Crippen LogP contribution in [0.15, 0.2) is 59.8 Å². The Labute approximate surface area is 167 Å². The van der Waals surface area contributed by atoms with Crippen LogP contribution >= 0.6 is 0 Å². The van der Waals surface area contributed by atoms with Crippen molar-refractivity contribution >= 4 is 23.5 Å². The first kappa shape index (κ1) is 20.1. The number of nitrogens with zero attached hydrogens (tertiary/aromatic N) is 1. The third kappa shape index (κ3) is 4.12. The fourth-order valence-corrected chi connectivity index (χ4v) is 3.15. The molecule has 0 radical (unpaired) electrons. The number of carboxylic acid groups (broad SMARTS) is 1. The number of esters is 1. The molecule has 0 fully saturated rings. The third-order valence-electron chi connectivity index (χ3n) is 4.58. The minimum Gasteiger partial charge on any atom is -0.478 e. The zero-order valence-electron chi connectivity index (χ0n) is 15.7. The van der Waals surface area contributed by atoms with Crippen LogP contribution in [0.25, 0.3) is 11.1 Å². The second-order valence-electron chi connectivity index (χ2n) is 6.35. The Hall–Kier alpha value is -3.65. The highest BCUT2D eigenvalue weighted by Crippen LogP contribution is 2.27. The zero-order chi connectivity index (χ0) is 21.0. The van der Waals surface area contributed by atoms with Gasteiger partial charge in [-0.15, -0.1) is 0 Å². The van der Waals surface area contributed by atoms with Crippen molar-refractivity contribution in [1.82, 2.24) is 4.90 Å². The summed E-state index contributed by atoms with van der Waals surface area (Å²) in [7, 11) is 1.24. The number of anilines is 1. The molecule has 2 aromatic carbocycles. The van der Waals surface area contributed by atoms with E-state index >= 15 is 0 Å². The summed E-state index contributed by atoms with van der Waals surface area (Å²) in [5.41, 5.74) is 2.31. The maximum Gasteiger partial charge on any atom is 0.337 e. The Kier molecular flexibility index (Phi) is 5.94. The van der Waals surface area contributed by atoms with E-state index in [1.807, 2.05) is 0 Å². The Morgan fingerprint density at radius 2 is 1.83 bits per heavy atom. The van der Waals surface area contributed by atoms with E-state index in [1.165, 1.54) is 18.1 Å². The largest absolute Gasteiger partial charge is 0.478 e. The molecule has 150 valence electrons. The molecule has 2 aromatic rings. The number of aliphatic hydroxyl groups excluding tert-OH is 1. The summed E-state index contributed by atoms with van der Waals surface area (Å²) in [6.07, 6.45) is 0. The van der Waals surface area contributed by atoms with Gasteiger partial charge in [-0.25, -0.2) is 9.59 Å². The van der Waals surface area contributed by atoms with Crippen LogP contribution in [-0.2, 0) is 14.3 Å². The number of carbonyl (C=O) groups excluding carboxylic acids is 2. The highest BCUT2D eigenvalue weighted by atomic mass is 16.5. The molecule has 8 heteroatoms. The van der Waals surface area contributed by atoms with Crippen molar-refractivity contribution in [3.8, 4) is 11.1 Å². The highest BCUT2D eigenvalue weighted by Gasteiger charge is 2.34. The van der Waals surface area contributed by atoms with Crippen molar-refractivity contribution in [2.45, 2.75) is 0 Å². The first-order valence-electron chi connectivity index (χ1n) is 8.87. The summed E-state index contributed by atoms with van der Waals surface area (Å²) >= 11 is 0. The lowest BCUT2D eigenvalue weighted by Crippen LogP contribution is -2.31. The summed E-state index contributed by atoms with van der Waals surface area (Å²) in [4.78, 5) is 37.4. The van der Waals surface area contributed by atoms with Gasteiger partial charge in [0.25, 0.3) is 5.91 Å². The van der Waals surface area contributed by atoms with Gasteiger partial charge in [0.05, 0.1) is 31.4 Å². The van der Waals surface area contributed by atoms with E-state index in [1.54, 1.807) is 42.5 Å². The van der Waals surface area contributed by atoms with Crippen molar-refractivity contribution in [2.75, 3.05) is 32.1 Å². The number of methoxy groups -OCH3 is 1. The molecule has 8 nitrogen and oxygen atoms in total. The Morgan fingerprint density at radius 3 is 2.45 bits per heavy atom. The standard InChI is InChI=1S/C21H20N2O6/c1-29-21(28)17-12-23(10-11-24)19(25)18(17)22-14-8-6-13(7-9-14)15-4-2-3-5-16(15)20(26)27/h2-9,22,24H,10-12H2,1H3,(H,26,27). The Balaban J connectivity index is 1.88. The van der Waals surface area contributed by atoms with Gasteiger partial charge >= 0.3 is 11.9 Å². The van der Waals surface area contributed by atoms with Crippen LogP contribution in [0.5, 0.6) is 0 Å². The fraction of sp³-hybridized carbons (Fsp3) is 0.190. The lowest BCUT2D eigenvalue weighted by molar-refractivity contribution is -0.136. The summed E-state index contributed by atoms with van der Waals surface area (Å²) in [6, 6.07) is 13.5. The van der Waals surface area contributed by atoms with Crippen LogP contribution in [0.4, 0.5) is 5.69 Å². The summed E-state index contributed by atoms with van der Waals surface area (Å²) in [5, 5.41) is 21.4. The van der Waals surface area contributed by atoms with Crippen LogP contribution in [0.3, 0.4) is 0 Å². The monoisotopic (exact) mass is 396 g/mol. The minimum atomic E-state index is -1.02. The molecule has 1 heterocycles. The van der Waals surface area contributed by atoms with E-state index in [0.717, 1.165) is 0 Å². The molecule has 0 aliphatic carbocycles. The number of amides is 1. The van der Waals surface area contributed by atoms with E-state index in [4.69, 9.17) is 9.84 Å². The van der Waals surface area contributed by atoms with Gasteiger partial charge in [-0.3, -0.25) is 4.79 Å². The number of carbonyl (C=O) groups is 3. The lowest BCUT2D eigenvalue weighted by Gasteiger charge is -2.15. The van der Waals surface area contributed by atoms with Crippen molar-refractivity contribution in [3.63, 3.8) is 0 Å². The van der Waals surface area contributed by atoms with Gasteiger partial charge in [0, 0.05) is 12.2 Å². The second-order valence-corrected chi connectivity index (χ2v) is 6.35. The first-order valence-corrected chi connectivity index (χ1v) is 8.87. The van der Waals surface area contributed by atoms with Crippen LogP contribution in [0.1, 0.15) is 10.4 Å². The number of nitrogens with one attached hydrogen (secondary N) is 1. The van der Waals surface area contributed by atoms with Gasteiger partial charge < -0.3 is 25.2 Å². The molecular formula is C21H20N2O6. The Bertz CT molecular complexity index is 981. The van der Waals surface area contributed by atoms with Gasteiger partial charge in [0.15, 0.2) is 0 Å². The SMILES string of the molecule is COC(=O)C1=C(Nc2ccc(-c3ccccc3C(=O)O)cc2)C(=O)N(CCO)C1. The van der Waals surface area contributed by atoms with Crippen molar-refractivity contribution < 1.29 is 29.3 Å². The number of β-amino-alcohol motifs (C(OH)–C–C–N with tert-alkyl or cyclic N) is 1. The average Bonchev–Trinajstić information content (AvgIpc) is 3.04. The van der Waals surface area contributed by atoms with Crippen molar-refractivity contribution in [2.24, 2.45) is 0 Å². The van der Waals surface area contributed by atoms with Crippen LogP contribution in [-0.4, -0.2) is 59.8 Å². The molecule has 0 saturated carbocycles. The number of hydrogen-bond donors (Lipinski definition) is 3. The zero-order valence-corrected chi connectivity index (χ0v) is 15.7. The molecule has 0 unspecified atom stereocenters. The molecule has 1 aliphatic rings. The van der Waals surface area contributed by atoms with E-state index in [-0.39, 0.29) is 36.5 Å². The quantitative estimate of drug-likeness (QED) is 0.610. The molecule has 1 amide bonds. The molecule has 3 N–H and O–H groups in total. The van der Waals surface area contributed by atoms with E-state index in [9.17, 15) is 19.5 Å². The Morgan fingerprint density at radius 1 is 1.14 bits per heavy atom. The van der Waals surface area contributed by atoms with Crippen molar-refractivity contribution in [3.05, 3.63) is 65.4 Å². The maximum absolute atomic E-state index is 12.6. The first-order chi connectivity index (χ1) is 14.0. The smallest absolute Gasteiger partial charge is 0.337 e. The molecule has 0 spiro atoms. The fourth-order valence-electron chi connectivity index (χ4n) is 3.15. The van der Waals surface area contributed by atoms with E-state index in [0.29, 0.717) is 16.8 Å². The molecule has 0 bridgehead atoms. The molecular weight excluding hydrogens is 376 g/mol. The highest BCUT2D eigenvalue weighted by molar-refractivity contribution is 6.08. The number of aliphatic hydroxyl groups is 1. The third-order valence-corrected chi connectivity index (χ3v) is 4.58. The maximum atomic E-state index is 12.6. The van der Waals surface area contributed by atoms with Gasteiger partial charge in [0.2, 0.25) is 0 Å². The molecule has 0 aromatic heterocycles. The normalized spacial score (nSPS) is 13.6. The summed E-state index contributed by atoms with van der Waals surface area (Å²) < 4.78 is 4.76. The van der Waals surface area contributed by atoms with Gasteiger partial charge in [-0.2, -0.15) is 0 Å². The molecule has 29 heavy (non-hydrogen) atoms. The lowest BCUT2D eigenvalue weighted by atomic mass is 9.99. The van der Waals surface area contributed by atoms with Crippen LogP contribution < -0.4 is 5.32 Å². The molecule has 3 rings (SSSR count). The molecule has 0 atom stereocenters. The topological polar surface area (TPSA) is 116 Å². The predicted molar refractivity (Wildman–Crippen MR) is 105 cm³/mol. The van der Waals surface area contributed by atoms with Gasteiger partial charge in [0.1, 0.15) is 5.70 Å². The summed E-state index contributed by atoms with van der Waals surface area (Å²) in [6.45, 7) is -0.0565.